The van der Waals surface area contributed by atoms with Gasteiger partial charge in [-0.15, -0.1) is 0 Å². The van der Waals surface area contributed by atoms with Crippen LogP contribution in [-0.2, 0) is 6.42 Å². The number of nitrogens with zero attached hydrogens (tertiary/aromatic N) is 1. The van der Waals surface area contributed by atoms with E-state index in [1.807, 2.05) is 19.1 Å². The Balaban J connectivity index is 2.30. The van der Waals surface area contributed by atoms with Crippen LogP contribution in [0.1, 0.15) is 19.4 Å². The van der Waals surface area contributed by atoms with Gasteiger partial charge in [-0.2, -0.15) is 0 Å². The summed E-state index contributed by atoms with van der Waals surface area (Å²) in [7, 11) is 0. The molecular formula is C15H17Cl2N3. The van der Waals surface area contributed by atoms with Crippen LogP contribution in [-0.4, -0.2) is 11.5 Å². The molecule has 0 unspecified atom stereocenters. The molecule has 0 aliphatic carbocycles. The first-order chi connectivity index (χ1) is 9.63. The molecule has 3 nitrogen and oxygen atoms in total. The van der Waals surface area contributed by atoms with E-state index in [9.17, 15) is 0 Å². The van der Waals surface area contributed by atoms with Crippen molar-refractivity contribution in [3.8, 4) is 0 Å². The van der Waals surface area contributed by atoms with Gasteiger partial charge in [0.25, 0.3) is 0 Å². The van der Waals surface area contributed by atoms with Gasteiger partial charge in [0.05, 0.1) is 10.0 Å². The Morgan fingerprint density at radius 1 is 1.05 bits per heavy atom. The van der Waals surface area contributed by atoms with Gasteiger partial charge < -0.3 is 10.6 Å². The summed E-state index contributed by atoms with van der Waals surface area (Å²) in [6.45, 7) is 4.86. The van der Waals surface area contributed by atoms with Crippen molar-refractivity contribution in [3.63, 3.8) is 0 Å². The first-order valence-electron chi connectivity index (χ1n) is 6.60. The topological polar surface area (TPSA) is 37.0 Å². The quantitative estimate of drug-likeness (QED) is 0.804. The van der Waals surface area contributed by atoms with Crippen LogP contribution in [0.25, 0.3) is 0 Å². The molecule has 106 valence electrons. The third-order valence-electron chi connectivity index (χ3n) is 2.87. The molecule has 0 aliphatic rings. The summed E-state index contributed by atoms with van der Waals surface area (Å²) in [6.07, 6.45) is 0.986. The summed E-state index contributed by atoms with van der Waals surface area (Å²) in [5, 5.41) is 7.36. The normalized spacial score (nSPS) is 10.4. The zero-order chi connectivity index (χ0) is 14.5. The Morgan fingerprint density at radius 3 is 2.50 bits per heavy atom. The van der Waals surface area contributed by atoms with E-state index in [2.05, 4.69) is 34.7 Å². The van der Waals surface area contributed by atoms with Crippen molar-refractivity contribution in [2.45, 2.75) is 20.3 Å². The molecule has 1 heterocycles. The maximum absolute atomic E-state index is 6.19. The SMILES string of the molecule is CCNc1nc(Nc2cccc(CC)c2)c(Cl)cc1Cl. The highest BCUT2D eigenvalue weighted by atomic mass is 35.5. The number of benzene rings is 1. The van der Waals surface area contributed by atoms with Gasteiger partial charge in [-0.1, -0.05) is 42.3 Å². The van der Waals surface area contributed by atoms with Gasteiger partial charge in [0.15, 0.2) is 5.82 Å². The third-order valence-corrected chi connectivity index (χ3v) is 3.45. The lowest BCUT2D eigenvalue weighted by Crippen LogP contribution is -2.03. The molecule has 0 saturated heterocycles. The number of halogens is 2. The van der Waals surface area contributed by atoms with Crippen LogP contribution < -0.4 is 10.6 Å². The number of aromatic nitrogens is 1. The average molecular weight is 310 g/mol. The van der Waals surface area contributed by atoms with Gasteiger partial charge in [0, 0.05) is 12.2 Å². The Bertz CT molecular complexity index is 600. The molecule has 0 fully saturated rings. The molecule has 0 saturated carbocycles. The molecule has 0 atom stereocenters. The van der Waals surface area contributed by atoms with Gasteiger partial charge in [-0.3, -0.25) is 0 Å². The number of aryl methyl sites for hydroxylation is 1. The van der Waals surface area contributed by atoms with Crippen molar-refractivity contribution in [1.29, 1.82) is 0 Å². The highest BCUT2D eigenvalue weighted by Crippen LogP contribution is 2.31. The van der Waals surface area contributed by atoms with Gasteiger partial charge in [0.2, 0.25) is 0 Å². The zero-order valence-corrected chi connectivity index (χ0v) is 13.0. The first kappa shape index (κ1) is 14.9. The number of pyridine rings is 1. The van der Waals surface area contributed by atoms with E-state index in [4.69, 9.17) is 23.2 Å². The Labute approximate surface area is 129 Å². The van der Waals surface area contributed by atoms with Crippen LogP contribution in [0, 0.1) is 0 Å². The minimum absolute atomic E-state index is 0.499. The summed E-state index contributed by atoms with van der Waals surface area (Å²) in [5.74, 6) is 1.23. The molecule has 0 radical (unpaired) electrons. The summed E-state index contributed by atoms with van der Waals surface area (Å²) < 4.78 is 0. The highest BCUT2D eigenvalue weighted by molar-refractivity contribution is 6.37. The molecule has 20 heavy (non-hydrogen) atoms. The second-order valence-electron chi connectivity index (χ2n) is 4.36. The van der Waals surface area contributed by atoms with Gasteiger partial charge >= 0.3 is 0 Å². The summed E-state index contributed by atoms with van der Waals surface area (Å²) in [5.41, 5.74) is 2.22. The maximum Gasteiger partial charge on any atom is 0.151 e. The van der Waals surface area contributed by atoms with Crippen molar-refractivity contribution in [3.05, 3.63) is 45.9 Å². The average Bonchev–Trinajstić information content (AvgIpc) is 2.44. The van der Waals surface area contributed by atoms with Crippen LogP contribution in [0.5, 0.6) is 0 Å². The van der Waals surface area contributed by atoms with Crippen molar-refractivity contribution in [2.75, 3.05) is 17.2 Å². The van der Waals surface area contributed by atoms with E-state index in [0.29, 0.717) is 21.7 Å². The van der Waals surface area contributed by atoms with Gasteiger partial charge in [-0.05, 0) is 37.1 Å². The largest absolute Gasteiger partial charge is 0.369 e. The van der Waals surface area contributed by atoms with Gasteiger partial charge in [-0.25, -0.2) is 4.98 Å². The lowest BCUT2D eigenvalue weighted by atomic mass is 10.1. The molecule has 0 spiro atoms. The van der Waals surface area contributed by atoms with E-state index in [1.54, 1.807) is 6.07 Å². The molecule has 2 N–H and O–H groups in total. The lowest BCUT2D eigenvalue weighted by Gasteiger charge is -2.12. The van der Waals surface area contributed by atoms with E-state index in [1.165, 1.54) is 5.56 Å². The van der Waals surface area contributed by atoms with Crippen molar-refractivity contribution < 1.29 is 0 Å². The van der Waals surface area contributed by atoms with E-state index in [0.717, 1.165) is 18.7 Å². The molecular weight excluding hydrogens is 293 g/mol. The minimum atomic E-state index is 0.499. The monoisotopic (exact) mass is 309 g/mol. The zero-order valence-electron chi connectivity index (χ0n) is 11.5. The number of hydrogen-bond acceptors (Lipinski definition) is 3. The molecule has 5 heteroatoms. The molecule has 0 amide bonds. The first-order valence-corrected chi connectivity index (χ1v) is 7.35. The predicted octanol–water partition coefficient (Wildman–Crippen LogP) is 5.13. The summed E-state index contributed by atoms with van der Waals surface area (Å²) in [4.78, 5) is 4.43. The van der Waals surface area contributed by atoms with Crippen LogP contribution in [0.15, 0.2) is 30.3 Å². The van der Waals surface area contributed by atoms with Crippen molar-refractivity contribution >= 4 is 40.5 Å². The standard InChI is InChI=1S/C15H17Cl2N3/c1-3-10-6-5-7-11(8-10)19-15-13(17)9-12(16)14(20-15)18-4-2/h5-9H,3-4H2,1-2H3,(H2,18,19,20). The van der Waals surface area contributed by atoms with Crippen LogP contribution in [0.4, 0.5) is 17.3 Å². The molecule has 2 rings (SSSR count). The summed E-state index contributed by atoms with van der Waals surface area (Å²) in [6, 6.07) is 9.86. The smallest absolute Gasteiger partial charge is 0.151 e. The Kier molecular flexibility index (Phi) is 5.10. The Hall–Kier alpha value is -1.45. The van der Waals surface area contributed by atoms with Crippen LogP contribution in [0.2, 0.25) is 10.0 Å². The fraction of sp³-hybridized carbons (Fsp3) is 0.267. The van der Waals surface area contributed by atoms with Gasteiger partial charge in [0.1, 0.15) is 5.82 Å². The van der Waals surface area contributed by atoms with Crippen LogP contribution in [0.3, 0.4) is 0 Å². The predicted molar refractivity (Wildman–Crippen MR) is 87.5 cm³/mol. The van der Waals surface area contributed by atoms with E-state index < -0.39 is 0 Å². The van der Waals surface area contributed by atoms with E-state index in [-0.39, 0.29) is 0 Å². The highest BCUT2D eigenvalue weighted by Gasteiger charge is 2.09. The van der Waals surface area contributed by atoms with Crippen molar-refractivity contribution in [2.24, 2.45) is 0 Å². The molecule has 2 aromatic rings. The Morgan fingerprint density at radius 2 is 1.80 bits per heavy atom. The number of hydrogen-bond donors (Lipinski definition) is 2. The second-order valence-corrected chi connectivity index (χ2v) is 5.17. The molecule has 1 aromatic carbocycles. The summed E-state index contributed by atoms with van der Waals surface area (Å²) >= 11 is 12.3. The maximum atomic E-state index is 6.19. The number of anilines is 3. The van der Waals surface area contributed by atoms with Crippen LogP contribution >= 0.6 is 23.2 Å². The molecule has 0 aliphatic heterocycles. The van der Waals surface area contributed by atoms with E-state index >= 15 is 0 Å². The second kappa shape index (κ2) is 6.82. The number of rotatable bonds is 5. The van der Waals surface area contributed by atoms with Crippen molar-refractivity contribution in [1.82, 2.24) is 4.98 Å². The fourth-order valence-electron chi connectivity index (χ4n) is 1.85. The molecule has 1 aromatic heterocycles. The third kappa shape index (κ3) is 3.56. The molecule has 0 bridgehead atoms. The minimum Gasteiger partial charge on any atom is -0.369 e. The number of nitrogens with one attached hydrogen (secondary N) is 2. The fourth-order valence-corrected chi connectivity index (χ4v) is 2.32. The lowest BCUT2D eigenvalue weighted by molar-refractivity contribution is 1.14.